The van der Waals surface area contributed by atoms with Crippen molar-refractivity contribution >= 4 is 24.1 Å². The summed E-state index contributed by atoms with van der Waals surface area (Å²) in [6.07, 6.45) is 1.40. The van der Waals surface area contributed by atoms with Crippen LogP contribution < -0.4 is 10.2 Å². The monoisotopic (exact) mass is 261 g/mol. The lowest BCUT2D eigenvalue weighted by atomic mass is 10.2. The third-order valence-electron chi connectivity index (χ3n) is 2.51. The highest BCUT2D eigenvalue weighted by molar-refractivity contribution is 5.86. The van der Waals surface area contributed by atoms with Gasteiger partial charge in [0.05, 0.1) is 11.9 Å². The Hall–Kier alpha value is -1.40. The summed E-state index contributed by atoms with van der Waals surface area (Å²) in [5, 5.41) is 11.8. The first-order valence-corrected chi connectivity index (χ1v) is 5.03. The van der Waals surface area contributed by atoms with Crippen LogP contribution in [0.5, 0.6) is 0 Å². The van der Waals surface area contributed by atoms with Crippen LogP contribution in [-0.4, -0.2) is 42.2 Å². The highest BCUT2D eigenvalue weighted by Crippen LogP contribution is 2.16. The van der Waals surface area contributed by atoms with E-state index in [9.17, 15) is 9.18 Å². The molecule has 5 nitrogen and oxygen atoms in total. The SMILES string of the molecule is Cl.O=C(O)c1ncc(N2CCNCC2)cc1F. The molecule has 1 aromatic rings. The molecule has 0 radical (unpaired) electrons. The largest absolute Gasteiger partial charge is 0.476 e. The lowest BCUT2D eigenvalue weighted by Crippen LogP contribution is -2.43. The van der Waals surface area contributed by atoms with Crippen molar-refractivity contribution in [2.45, 2.75) is 0 Å². The number of carbonyl (C=O) groups is 1. The summed E-state index contributed by atoms with van der Waals surface area (Å²) in [7, 11) is 0. The minimum Gasteiger partial charge on any atom is -0.476 e. The Kier molecular flexibility index (Phi) is 4.65. The van der Waals surface area contributed by atoms with Gasteiger partial charge in [-0.25, -0.2) is 14.2 Å². The molecule has 1 saturated heterocycles. The average molecular weight is 262 g/mol. The smallest absolute Gasteiger partial charge is 0.357 e. The van der Waals surface area contributed by atoms with E-state index in [4.69, 9.17) is 5.11 Å². The molecule has 2 heterocycles. The van der Waals surface area contributed by atoms with Crippen molar-refractivity contribution in [3.05, 3.63) is 23.8 Å². The number of carboxylic acids is 1. The summed E-state index contributed by atoms with van der Waals surface area (Å²) in [6, 6.07) is 1.22. The van der Waals surface area contributed by atoms with Crippen molar-refractivity contribution in [2.24, 2.45) is 0 Å². The van der Waals surface area contributed by atoms with Gasteiger partial charge in [0.15, 0.2) is 11.5 Å². The van der Waals surface area contributed by atoms with E-state index in [0.717, 1.165) is 26.2 Å². The average Bonchev–Trinajstić information content (AvgIpc) is 2.29. The molecule has 2 rings (SSSR count). The standard InChI is InChI=1S/C10H12FN3O2.ClH/c11-8-5-7(6-13-9(8)10(15)16)14-3-1-12-2-4-14;/h5-6,12H,1-4H2,(H,15,16);1H. The van der Waals surface area contributed by atoms with Crippen molar-refractivity contribution in [1.82, 2.24) is 10.3 Å². The first-order valence-electron chi connectivity index (χ1n) is 5.03. The summed E-state index contributed by atoms with van der Waals surface area (Å²) in [4.78, 5) is 16.2. The fourth-order valence-corrected chi connectivity index (χ4v) is 1.68. The maximum Gasteiger partial charge on any atom is 0.357 e. The van der Waals surface area contributed by atoms with E-state index < -0.39 is 17.5 Å². The maximum atomic E-state index is 13.4. The molecule has 0 atom stereocenters. The van der Waals surface area contributed by atoms with E-state index in [1.54, 1.807) is 0 Å². The molecule has 0 amide bonds. The second-order valence-electron chi connectivity index (χ2n) is 3.57. The number of carboxylic acid groups (broad SMARTS) is 1. The Morgan fingerprint density at radius 2 is 2.12 bits per heavy atom. The van der Waals surface area contributed by atoms with Gasteiger partial charge in [-0.1, -0.05) is 0 Å². The van der Waals surface area contributed by atoms with Gasteiger partial charge in [0.25, 0.3) is 0 Å². The molecule has 0 bridgehead atoms. The number of anilines is 1. The first-order chi connectivity index (χ1) is 7.68. The molecule has 94 valence electrons. The van der Waals surface area contributed by atoms with E-state index in [1.807, 2.05) is 4.90 Å². The zero-order valence-corrected chi connectivity index (χ0v) is 9.84. The Bertz CT molecular complexity index is 411. The van der Waals surface area contributed by atoms with Crippen LogP contribution in [-0.2, 0) is 0 Å². The number of aromatic nitrogens is 1. The van der Waals surface area contributed by atoms with E-state index in [0.29, 0.717) is 5.69 Å². The maximum absolute atomic E-state index is 13.4. The van der Waals surface area contributed by atoms with E-state index >= 15 is 0 Å². The van der Waals surface area contributed by atoms with Crippen LogP contribution in [0.2, 0.25) is 0 Å². The summed E-state index contributed by atoms with van der Waals surface area (Å²) >= 11 is 0. The fourth-order valence-electron chi connectivity index (χ4n) is 1.68. The van der Waals surface area contributed by atoms with E-state index in [1.165, 1.54) is 12.3 Å². The topological polar surface area (TPSA) is 65.5 Å². The van der Waals surface area contributed by atoms with Crippen molar-refractivity contribution in [3.8, 4) is 0 Å². The Morgan fingerprint density at radius 1 is 1.47 bits per heavy atom. The van der Waals surface area contributed by atoms with Gasteiger partial charge >= 0.3 is 5.97 Å². The molecule has 1 aliphatic heterocycles. The van der Waals surface area contributed by atoms with Gasteiger partial charge in [-0.15, -0.1) is 12.4 Å². The van der Waals surface area contributed by atoms with E-state index in [-0.39, 0.29) is 12.4 Å². The Balaban J connectivity index is 0.00000144. The number of nitrogens with one attached hydrogen (secondary N) is 1. The lowest BCUT2D eigenvalue weighted by molar-refractivity contribution is 0.0685. The third-order valence-corrected chi connectivity index (χ3v) is 2.51. The molecule has 0 spiro atoms. The first kappa shape index (κ1) is 13.7. The van der Waals surface area contributed by atoms with Gasteiger partial charge in [-0.3, -0.25) is 0 Å². The molecule has 0 saturated carbocycles. The second kappa shape index (κ2) is 5.79. The molecule has 17 heavy (non-hydrogen) atoms. The molecular formula is C10H13ClFN3O2. The molecule has 0 aromatic carbocycles. The number of hydrogen-bond acceptors (Lipinski definition) is 4. The van der Waals surface area contributed by atoms with Crippen molar-refractivity contribution < 1.29 is 14.3 Å². The number of aromatic carboxylic acids is 1. The van der Waals surface area contributed by atoms with Crippen LogP contribution in [0.4, 0.5) is 10.1 Å². The van der Waals surface area contributed by atoms with Crippen molar-refractivity contribution in [1.29, 1.82) is 0 Å². The van der Waals surface area contributed by atoms with Gasteiger partial charge in [0, 0.05) is 32.2 Å². The predicted molar refractivity (Wildman–Crippen MR) is 63.5 cm³/mol. The van der Waals surface area contributed by atoms with Crippen LogP contribution in [0.3, 0.4) is 0 Å². The Morgan fingerprint density at radius 3 is 2.65 bits per heavy atom. The minimum absolute atomic E-state index is 0. The number of hydrogen-bond donors (Lipinski definition) is 2. The molecule has 0 aliphatic carbocycles. The number of rotatable bonds is 2. The van der Waals surface area contributed by atoms with Gasteiger partial charge < -0.3 is 15.3 Å². The normalized spacial score (nSPS) is 15.2. The quantitative estimate of drug-likeness (QED) is 0.823. The molecule has 7 heteroatoms. The van der Waals surface area contributed by atoms with E-state index in [2.05, 4.69) is 10.3 Å². The number of nitrogens with zero attached hydrogens (tertiary/aromatic N) is 2. The summed E-state index contributed by atoms with van der Waals surface area (Å²) < 4.78 is 13.4. The summed E-state index contributed by atoms with van der Waals surface area (Å²) in [6.45, 7) is 3.21. The zero-order chi connectivity index (χ0) is 11.5. The highest BCUT2D eigenvalue weighted by Gasteiger charge is 2.16. The van der Waals surface area contributed by atoms with Crippen LogP contribution in [0.15, 0.2) is 12.3 Å². The summed E-state index contributed by atoms with van der Waals surface area (Å²) in [5.74, 6) is -2.13. The third kappa shape index (κ3) is 3.04. The predicted octanol–water partition coefficient (Wildman–Crippen LogP) is 0.750. The molecule has 2 N–H and O–H groups in total. The minimum atomic E-state index is -1.34. The summed E-state index contributed by atoms with van der Waals surface area (Å²) in [5.41, 5.74) is 0.0999. The molecule has 1 aromatic heterocycles. The van der Waals surface area contributed by atoms with Gasteiger partial charge in [0.1, 0.15) is 0 Å². The second-order valence-corrected chi connectivity index (χ2v) is 3.57. The van der Waals surface area contributed by atoms with Gasteiger partial charge in [-0.2, -0.15) is 0 Å². The number of piperazine rings is 1. The molecular weight excluding hydrogens is 249 g/mol. The molecule has 1 fully saturated rings. The lowest BCUT2D eigenvalue weighted by Gasteiger charge is -2.29. The van der Waals surface area contributed by atoms with Crippen LogP contribution in [0.25, 0.3) is 0 Å². The zero-order valence-electron chi connectivity index (χ0n) is 9.02. The van der Waals surface area contributed by atoms with Gasteiger partial charge in [-0.05, 0) is 0 Å². The van der Waals surface area contributed by atoms with Crippen molar-refractivity contribution in [2.75, 3.05) is 31.1 Å². The van der Waals surface area contributed by atoms with Crippen molar-refractivity contribution in [3.63, 3.8) is 0 Å². The van der Waals surface area contributed by atoms with Crippen LogP contribution in [0.1, 0.15) is 10.5 Å². The fraction of sp³-hybridized carbons (Fsp3) is 0.400. The Labute approximate surface area is 104 Å². The number of halogens is 2. The van der Waals surface area contributed by atoms with Crippen LogP contribution >= 0.6 is 12.4 Å². The highest BCUT2D eigenvalue weighted by atomic mass is 35.5. The number of pyridine rings is 1. The molecule has 0 unspecified atom stereocenters. The molecule has 1 aliphatic rings. The van der Waals surface area contributed by atoms with Gasteiger partial charge in [0.2, 0.25) is 0 Å². The van der Waals surface area contributed by atoms with Crippen LogP contribution in [0, 0.1) is 5.82 Å².